The van der Waals surface area contributed by atoms with Crippen LogP contribution in [0.5, 0.6) is 0 Å². The molecule has 0 heteroatoms. The largest absolute Gasteiger partial charge is 0.0720 e. The Balaban J connectivity index is 1.32. The summed E-state index contributed by atoms with van der Waals surface area (Å²) in [5.41, 5.74) is 12.4. The summed E-state index contributed by atoms with van der Waals surface area (Å²) in [4.78, 5) is 0. The van der Waals surface area contributed by atoms with E-state index in [1.807, 2.05) is 0 Å². The van der Waals surface area contributed by atoms with Gasteiger partial charge in [0.05, 0.1) is 5.41 Å². The van der Waals surface area contributed by atoms with Crippen LogP contribution in [0.15, 0.2) is 206 Å². The predicted octanol–water partition coefficient (Wildman–Crippen LogP) is 14.0. The third-order valence-electron chi connectivity index (χ3n) is 11.7. The van der Waals surface area contributed by atoms with E-state index in [0.717, 1.165) is 0 Å². The van der Waals surface area contributed by atoms with E-state index in [1.165, 1.54) is 98.7 Å². The van der Waals surface area contributed by atoms with Crippen molar-refractivity contribution in [1.29, 1.82) is 0 Å². The van der Waals surface area contributed by atoms with Crippen molar-refractivity contribution in [2.24, 2.45) is 0 Å². The van der Waals surface area contributed by atoms with Gasteiger partial charge in [-0.25, -0.2) is 0 Å². The first-order chi connectivity index (χ1) is 26.3. The Morgan fingerprint density at radius 3 is 1.15 bits per heavy atom. The lowest BCUT2D eigenvalue weighted by molar-refractivity contribution is 0.776. The molecule has 0 N–H and O–H groups in total. The van der Waals surface area contributed by atoms with Crippen molar-refractivity contribution in [2.75, 3.05) is 0 Å². The maximum atomic E-state index is 2.54. The van der Waals surface area contributed by atoms with E-state index in [1.54, 1.807) is 0 Å². The standard InChI is InChI=1S/C53H34/c1-4-18-35(19-5-1)49-42-27-13-15-29-44(42)50(45-30-16-14-28-43(45)49)36-32-33-47-48(34-36)53(37-20-6-2-7-21-37,38-22-8-3-9-23-38)52-46-31-17-11-25-40(46)39-24-10-12-26-41(39)51(47)52/h1-34H. The van der Waals surface area contributed by atoms with Crippen LogP contribution in [0.2, 0.25) is 0 Å². The molecule has 0 unspecified atom stereocenters. The van der Waals surface area contributed by atoms with E-state index >= 15 is 0 Å². The lowest BCUT2D eigenvalue weighted by Crippen LogP contribution is -2.29. The summed E-state index contributed by atoms with van der Waals surface area (Å²) in [5.74, 6) is 0. The number of benzene rings is 10. The number of fused-ring (bicyclic) bond motifs is 10. The van der Waals surface area contributed by atoms with Crippen molar-refractivity contribution in [3.05, 3.63) is 229 Å². The third kappa shape index (κ3) is 4.18. The van der Waals surface area contributed by atoms with E-state index in [-0.39, 0.29) is 0 Å². The highest BCUT2D eigenvalue weighted by Crippen LogP contribution is 2.61. The topological polar surface area (TPSA) is 0 Å². The fourth-order valence-corrected chi connectivity index (χ4v) is 9.67. The Morgan fingerprint density at radius 2 is 0.642 bits per heavy atom. The Bertz CT molecular complexity index is 2930. The molecule has 1 aliphatic carbocycles. The summed E-state index contributed by atoms with van der Waals surface area (Å²) < 4.78 is 0. The second-order valence-corrected chi connectivity index (χ2v) is 14.3. The summed E-state index contributed by atoms with van der Waals surface area (Å²) in [7, 11) is 0. The van der Waals surface area contributed by atoms with Gasteiger partial charge in [-0.05, 0) is 105 Å². The van der Waals surface area contributed by atoms with Gasteiger partial charge in [0, 0.05) is 0 Å². The normalized spacial score (nSPS) is 13.1. The van der Waals surface area contributed by atoms with Crippen molar-refractivity contribution >= 4 is 43.1 Å². The highest BCUT2D eigenvalue weighted by molar-refractivity contribution is 6.22. The molecular formula is C53H34. The van der Waals surface area contributed by atoms with Gasteiger partial charge in [-0.15, -0.1) is 0 Å². The van der Waals surface area contributed by atoms with Gasteiger partial charge in [0.2, 0.25) is 0 Å². The summed E-state index contributed by atoms with van der Waals surface area (Å²) in [6, 6.07) is 76.6. The molecule has 0 spiro atoms. The zero-order valence-electron chi connectivity index (χ0n) is 29.1. The third-order valence-corrected chi connectivity index (χ3v) is 11.7. The van der Waals surface area contributed by atoms with Crippen molar-refractivity contribution in [2.45, 2.75) is 5.41 Å². The van der Waals surface area contributed by atoms with Crippen molar-refractivity contribution in [1.82, 2.24) is 0 Å². The summed E-state index contributed by atoms with van der Waals surface area (Å²) in [6.07, 6.45) is 0. The predicted molar refractivity (Wildman–Crippen MR) is 225 cm³/mol. The van der Waals surface area contributed by atoms with Gasteiger partial charge in [-0.1, -0.05) is 200 Å². The highest BCUT2D eigenvalue weighted by atomic mass is 14.5. The Labute approximate surface area is 309 Å². The number of hydrogen-bond donors (Lipinski definition) is 0. The first kappa shape index (κ1) is 29.9. The highest BCUT2D eigenvalue weighted by Gasteiger charge is 2.48. The SMILES string of the molecule is c1ccc(-c2c3ccccc3c(-c3ccc4c(c3)C(c3ccccc3)(c3ccccc3)c3c-4c4ccccc4c4ccccc34)c3ccccc23)cc1. The Morgan fingerprint density at radius 1 is 0.264 bits per heavy atom. The molecule has 0 heterocycles. The van der Waals surface area contributed by atoms with Gasteiger partial charge in [-0.2, -0.15) is 0 Å². The van der Waals surface area contributed by atoms with Crippen LogP contribution in [0.4, 0.5) is 0 Å². The van der Waals surface area contributed by atoms with Gasteiger partial charge in [-0.3, -0.25) is 0 Å². The minimum absolute atomic E-state index is 0.553. The lowest BCUT2D eigenvalue weighted by Gasteiger charge is -2.35. The molecule has 10 aromatic carbocycles. The van der Waals surface area contributed by atoms with E-state index < -0.39 is 5.41 Å². The monoisotopic (exact) mass is 670 g/mol. The maximum Gasteiger partial charge on any atom is 0.0720 e. The molecule has 0 amide bonds. The van der Waals surface area contributed by atoms with Crippen LogP contribution in [-0.4, -0.2) is 0 Å². The van der Waals surface area contributed by atoms with Gasteiger partial charge >= 0.3 is 0 Å². The van der Waals surface area contributed by atoms with Crippen LogP contribution in [0.25, 0.3) is 76.5 Å². The molecule has 11 rings (SSSR count). The van der Waals surface area contributed by atoms with Crippen LogP contribution >= 0.6 is 0 Å². The van der Waals surface area contributed by atoms with Crippen LogP contribution in [0.1, 0.15) is 22.3 Å². The molecule has 0 atom stereocenters. The minimum Gasteiger partial charge on any atom is -0.0622 e. The average molecular weight is 671 g/mol. The number of hydrogen-bond acceptors (Lipinski definition) is 0. The molecule has 53 heavy (non-hydrogen) atoms. The molecular weight excluding hydrogens is 637 g/mol. The maximum absolute atomic E-state index is 2.54. The first-order valence-corrected chi connectivity index (χ1v) is 18.5. The van der Waals surface area contributed by atoms with Crippen molar-refractivity contribution in [3.8, 4) is 33.4 Å². The Kier molecular flexibility index (Phi) is 6.57. The van der Waals surface area contributed by atoms with E-state index in [4.69, 9.17) is 0 Å². The quantitative estimate of drug-likeness (QED) is 0.129. The summed E-state index contributed by atoms with van der Waals surface area (Å²) >= 11 is 0. The molecule has 1 aliphatic rings. The van der Waals surface area contributed by atoms with Gasteiger partial charge in [0.15, 0.2) is 0 Å². The molecule has 0 saturated heterocycles. The van der Waals surface area contributed by atoms with Gasteiger partial charge in [0.25, 0.3) is 0 Å². The first-order valence-electron chi connectivity index (χ1n) is 18.5. The average Bonchev–Trinajstić information content (AvgIpc) is 3.55. The molecule has 0 bridgehead atoms. The Hall–Kier alpha value is -6.76. The second-order valence-electron chi connectivity index (χ2n) is 14.3. The molecule has 0 nitrogen and oxygen atoms in total. The van der Waals surface area contributed by atoms with Crippen LogP contribution in [-0.2, 0) is 5.41 Å². The minimum atomic E-state index is -0.553. The molecule has 246 valence electrons. The fourth-order valence-electron chi connectivity index (χ4n) is 9.67. The van der Waals surface area contributed by atoms with Gasteiger partial charge in [0.1, 0.15) is 0 Å². The molecule has 0 aromatic heterocycles. The number of rotatable bonds is 4. The molecule has 0 saturated carbocycles. The zero-order chi connectivity index (χ0) is 34.9. The van der Waals surface area contributed by atoms with Crippen LogP contribution < -0.4 is 0 Å². The summed E-state index contributed by atoms with van der Waals surface area (Å²) in [5, 5.41) is 10.3. The van der Waals surface area contributed by atoms with Crippen LogP contribution in [0.3, 0.4) is 0 Å². The molecule has 0 fully saturated rings. The van der Waals surface area contributed by atoms with Crippen molar-refractivity contribution in [3.63, 3.8) is 0 Å². The van der Waals surface area contributed by atoms with E-state index in [2.05, 4.69) is 206 Å². The molecule has 0 radical (unpaired) electrons. The van der Waals surface area contributed by atoms with Crippen molar-refractivity contribution < 1.29 is 0 Å². The smallest absolute Gasteiger partial charge is 0.0622 e. The second kappa shape index (κ2) is 11.6. The van der Waals surface area contributed by atoms with E-state index in [0.29, 0.717) is 0 Å². The summed E-state index contributed by atoms with van der Waals surface area (Å²) in [6.45, 7) is 0. The van der Waals surface area contributed by atoms with E-state index in [9.17, 15) is 0 Å². The van der Waals surface area contributed by atoms with Crippen LogP contribution in [0, 0.1) is 0 Å². The fraction of sp³-hybridized carbons (Fsp3) is 0.0189. The molecule has 0 aliphatic heterocycles. The lowest BCUT2D eigenvalue weighted by atomic mass is 9.66. The zero-order valence-corrected chi connectivity index (χ0v) is 29.1. The molecule has 10 aromatic rings. The van der Waals surface area contributed by atoms with Gasteiger partial charge < -0.3 is 0 Å².